The van der Waals surface area contributed by atoms with Crippen molar-refractivity contribution < 1.29 is 9.53 Å². The Morgan fingerprint density at radius 2 is 1.81 bits per heavy atom. The predicted octanol–water partition coefficient (Wildman–Crippen LogP) is 6.09. The average Bonchev–Trinajstić information content (AvgIpc) is 3.34. The molecule has 1 aliphatic rings. The molecule has 1 aliphatic heterocycles. The number of fused-ring (bicyclic) bond motifs is 1. The molecule has 1 aromatic heterocycles. The molecule has 1 fully saturated rings. The second kappa shape index (κ2) is 11.2. The summed E-state index contributed by atoms with van der Waals surface area (Å²) in [6.45, 7) is 7.10. The number of likely N-dealkylation sites (N-methyl/N-ethyl adjacent to an activating group) is 1. The second-order valence-electron chi connectivity index (χ2n) is 9.35. The molecule has 4 aromatic rings. The Balaban J connectivity index is 1.43. The summed E-state index contributed by atoms with van der Waals surface area (Å²) in [5.74, 6) is 0.861. The quantitative estimate of drug-likeness (QED) is 0.318. The van der Waals surface area contributed by atoms with E-state index in [-0.39, 0.29) is 11.8 Å². The second-order valence-corrected chi connectivity index (χ2v) is 9.79. The van der Waals surface area contributed by atoms with Crippen LogP contribution in [0.4, 0.5) is 0 Å². The first-order chi connectivity index (χ1) is 17.6. The summed E-state index contributed by atoms with van der Waals surface area (Å²) in [5, 5.41) is 1.73. The number of nitrogens with one attached hydrogen (secondary N) is 1. The number of rotatable bonds is 8. The van der Waals surface area contributed by atoms with Gasteiger partial charge in [-0.3, -0.25) is 4.79 Å². The van der Waals surface area contributed by atoms with Gasteiger partial charge >= 0.3 is 0 Å². The molecule has 0 radical (unpaired) electrons. The molecule has 0 spiro atoms. The monoisotopic (exact) mass is 501 g/mol. The summed E-state index contributed by atoms with van der Waals surface area (Å²) < 4.78 is 6.12. The lowest BCUT2D eigenvalue weighted by atomic mass is 9.87. The summed E-state index contributed by atoms with van der Waals surface area (Å²) in [6, 6.07) is 24.1. The third-order valence-corrected chi connectivity index (χ3v) is 7.35. The lowest BCUT2D eigenvalue weighted by molar-refractivity contribution is -0.133. The van der Waals surface area contributed by atoms with Gasteiger partial charge in [0.25, 0.3) is 0 Å². The Kier molecular flexibility index (Phi) is 7.59. The van der Waals surface area contributed by atoms with Crippen molar-refractivity contribution >= 4 is 28.4 Å². The van der Waals surface area contributed by atoms with E-state index >= 15 is 0 Å². The molecule has 0 bridgehead atoms. The molecule has 2 heterocycles. The molecule has 6 heteroatoms. The Labute approximate surface area is 217 Å². The summed E-state index contributed by atoms with van der Waals surface area (Å²) in [7, 11) is 0. The summed E-state index contributed by atoms with van der Waals surface area (Å²) in [4.78, 5) is 21.3. The Hall–Kier alpha value is -3.28. The summed E-state index contributed by atoms with van der Waals surface area (Å²) >= 11 is 6.36. The Bertz CT molecular complexity index is 1310. The largest absolute Gasteiger partial charge is 0.489 e. The molecule has 0 unspecified atom stereocenters. The number of benzene rings is 3. The Morgan fingerprint density at radius 1 is 1.00 bits per heavy atom. The van der Waals surface area contributed by atoms with Gasteiger partial charge < -0.3 is 19.5 Å². The predicted molar refractivity (Wildman–Crippen MR) is 146 cm³/mol. The smallest absolute Gasteiger partial charge is 0.223 e. The van der Waals surface area contributed by atoms with Crippen LogP contribution in [0.1, 0.15) is 36.0 Å². The van der Waals surface area contributed by atoms with Gasteiger partial charge in [-0.1, -0.05) is 61.0 Å². The van der Waals surface area contributed by atoms with E-state index in [2.05, 4.69) is 41.1 Å². The van der Waals surface area contributed by atoms with Crippen LogP contribution in [0.3, 0.4) is 0 Å². The number of piperazine rings is 1. The van der Waals surface area contributed by atoms with E-state index < -0.39 is 0 Å². The molecule has 1 atom stereocenters. The van der Waals surface area contributed by atoms with Crippen molar-refractivity contribution in [3.05, 3.63) is 101 Å². The van der Waals surface area contributed by atoms with E-state index in [0.29, 0.717) is 18.1 Å². The number of amides is 1. The molecule has 0 aliphatic carbocycles. The third kappa shape index (κ3) is 5.58. The number of ether oxygens (including phenoxy) is 1. The minimum absolute atomic E-state index is 0.116. The Morgan fingerprint density at radius 3 is 2.58 bits per heavy atom. The van der Waals surface area contributed by atoms with Crippen LogP contribution >= 0.6 is 11.6 Å². The molecule has 5 nitrogen and oxygen atoms in total. The maximum atomic E-state index is 13.5. The van der Waals surface area contributed by atoms with Crippen LogP contribution in [0.25, 0.3) is 10.9 Å². The van der Waals surface area contributed by atoms with Crippen molar-refractivity contribution in [1.82, 2.24) is 14.8 Å². The van der Waals surface area contributed by atoms with Crippen LogP contribution in [0.15, 0.2) is 79.0 Å². The molecule has 186 valence electrons. The number of aromatic amines is 1. The van der Waals surface area contributed by atoms with Gasteiger partial charge in [-0.25, -0.2) is 0 Å². The first kappa shape index (κ1) is 24.4. The molecule has 0 saturated carbocycles. The van der Waals surface area contributed by atoms with Crippen LogP contribution in [0.2, 0.25) is 5.02 Å². The standard InChI is InChI=1S/C30H32ClN3O2/c1-2-33-13-15-34(16-14-33)30(35)19-26(28-20-32-29-12-11-24(31)18-27(28)29)23-9-6-10-25(17-23)36-21-22-7-4-3-5-8-22/h3-12,17-18,20,26,32H,2,13-16,19,21H2,1H3/t26-/m0/s1. The fourth-order valence-corrected chi connectivity index (χ4v) is 5.16. The molecule has 1 saturated heterocycles. The highest BCUT2D eigenvalue weighted by molar-refractivity contribution is 6.31. The maximum absolute atomic E-state index is 13.5. The van der Waals surface area contributed by atoms with Gasteiger partial charge in [0.05, 0.1) is 0 Å². The minimum atomic E-state index is -0.116. The van der Waals surface area contributed by atoms with E-state index in [1.807, 2.05) is 59.6 Å². The van der Waals surface area contributed by atoms with Gasteiger partial charge in [0.2, 0.25) is 5.91 Å². The highest BCUT2D eigenvalue weighted by Gasteiger charge is 2.27. The summed E-state index contributed by atoms with van der Waals surface area (Å²) in [5.41, 5.74) is 4.27. The first-order valence-corrected chi connectivity index (χ1v) is 13.0. The van der Waals surface area contributed by atoms with Gasteiger partial charge in [-0.05, 0) is 53.6 Å². The van der Waals surface area contributed by atoms with Crippen LogP contribution in [0.5, 0.6) is 5.75 Å². The van der Waals surface area contributed by atoms with Crippen molar-refractivity contribution in [2.75, 3.05) is 32.7 Å². The molecule has 1 N–H and O–H groups in total. The number of H-pyrrole nitrogens is 1. The van der Waals surface area contributed by atoms with Crippen molar-refractivity contribution in [3.8, 4) is 5.75 Å². The molecule has 1 amide bonds. The van der Waals surface area contributed by atoms with Crippen molar-refractivity contribution in [1.29, 1.82) is 0 Å². The number of carbonyl (C=O) groups is 1. The molecular formula is C30H32ClN3O2. The van der Waals surface area contributed by atoms with E-state index in [9.17, 15) is 4.79 Å². The number of hydrogen-bond donors (Lipinski definition) is 1. The summed E-state index contributed by atoms with van der Waals surface area (Å²) in [6.07, 6.45) is 2.42. The average molecular weight is 502 g/mol. The van der Waals surface area contributed by atoms with Gasteiger partial charge in [0.15, 0.2) is 0 Å². The van der Waals surface area contributed by atoms with Gasteiger partial charge in [-0.15, -0.1) is 0 Å². The van der Waals surface area contributed by atoms with Crippen LogP contribution in [-0.4, -0.2) is 53.4 Å². The highest BCUT2D eigenvalue weighted by atomic mass is 35.5. The number of aromatic nitrogens is 1. The van der Waals surface area contributed by atoms with Crippen molar-refractivity contribution in [2.24, 2.45) is 0 Å². The zero-order chi connectivity index (χ0) is 24.9. The topological polar surface area (TPSA) is 48.6 Å². The first-order valence-electron chi connectivity index (χ1n) is 12.6. The zero-order valence-electron chi connectivity index (χ0n) is 20.6. The number of carbonyl (C=O) groups excluding carboxylic acids is 1. The van der Waals surface area contributed by atoms with E-state index in [0.717, 1.165) is 66.1 Å². The lowest BCUT2D eigenvalue weighted by Gasteiger charge is -2.35. The zero-order valence-corrected chi connectivity index (χ0v) is 21.4. The van der Waals surface area contributed by atoms with Gasteiger partial charge in [0.1, 0.15) is 12.4 Å². The third-order valence-electron chi connectivity index (χ3n) is 7.11. The van der Waals surface area contributed by atoms with Crippen LogP contribution < -0.4 is 4.74 Å². The van der Waals surface area contributed by atoms with Gasteiger partial charge in [-0.2, -0.15) is 0 Å². The van der Waals surface area contributed by atoms with Crippen LogP contribution in [-0.2, 0) is 11.4 Å². The number of nitrogens with zero attached hydrogens (tertiary/aromatic N) is 2. The van der Waals surface area contributed by atoms with E-state index in [1.54, 1.807) is 0 Å². The lowest BCUT2D eigenvalue weighted by Crippen LogP contribution is -2.48. The van der Waals surface area contributed by atoms with Crippen molar-refractivity contribution in [3.63, 3.8) is 0 Å². The molecule has 5 rings (SSSR count). The maximum Gasteiger partial charge on any atom is 0.223 e. The van der Waals surface area contributed by atoms with E-state index in [4.69, 9.17) is 16.3 Å². The molecule has 36 heavy (non-hydrogen) atoms. The molecule has 3 aromatic carbocycles. The number of halogens is 1. The number of hydrogen-bond acceptors (Lipinski definition) is 3. The minimum Gasteiger partial charge on any atom is -0.489 e. The normalized spacial score (nSPS) is 15.2. The van der Waals surface area contributed by atoms with Crippen LogP contribution in [0, 0.1) is 0 Å². The van der Waals surface area contributed by atoms with Crippen molar-refractivity contribution in [2.45, 2.75) is 25.9 Å². The fraction of sp³-hybridized carbons (Fsp3) is 0.300. The fourth-order valence-electron chi connectivity index (χ4n) is 4.99. The molecular weight excluding hydrogens is 470 g/mol. The van der Waals surface area contributed by atoms with E-state index in [1.165, 1.54) is 0 Å². The SMILES string of the molecule is CCN1CCN(C(=O)C[C@@H](c2cccc(OCc3ccccc3)c2)c2c[nH]c3ccc(Cl)cc23)CC1. The highest BCUT2D eigenvalue weighted by Crippen LogP contribution is 2.36. The van der Waals surface area contributed by atoms with Gasteiger partial charge in [0, 0.05) is 60.6 Å².